The lowest BCUT2D eigenvalue weighted by Gasteiger charge is -2.34. The van der Waals surface area contributed by atoms with Gasteiger partial charge in [-0.2, -0.15) is 0 Å². The number of amides is 1. The van der Waals surface area contributed by atoms with Crippen molar-refractivity contribution in [3.05, 3.63) is 59.3 Å². The van der Waals surface area contributed by atoms with E-state index in [0.29, 0.717) is 24.5 Å². The molecule has 1 aromatic carbocycles. The van der Waals surface area contributed by atoms with Gasteiger partial charge >= 0.3 is 0 Å². The van der Waals surface area contributed by atoms with Crippen LogP contribution in [0.2, 0.25) is 0 Å². The number of hydrogen-bond acceptors (Lipinski definition) is 6. The molecule has 0 radical (unpaired) electrons. The number of hydrogen-bond donors (Lipinski definition) is 2. The van der Waals surface area contributed by atoms with Crippen LogP contribution in [0.1, 0.15) is 27.7 Å². The van der Waals surface area contributed by atoms with Crippen molar-refractivity contribution in [2.75, 3.05) is 31.1 Å². The van der Waals surface area contributed by atoms with Crippen molar-refractivity contribution in [3.8, 4) is 0 Å². The standard InChI is InChI=1S/C19H22N4O3/c1-13-6-7-16(21-12-13)23-17(24)14-4-2-3-5-15(14)18(23)26-19(25)22-10-8-20-9-11-22/h2-7,12,18-20,25H,8-11H2,1H3. The summed E-state index contributed by atoms with van der Waals surface area (Å²) in [7, 11) is 0. The Morgan fingerprint density at radius 2 is 2.00 bits per heavy atom. The molecule has 1 fully saturated rings. The number of carbonyl (C=O) groups excluding carboxylic acids is 1. The molecule has 1 aromatic heterocycles. The molecular formula is C19H22N4O3. The Bertz CT molecular complexity index is 790. The SMILES string of the molecule is Cc1ccc(N2C(=O)c3ccccc3C2OC(O)N2CCNCC2)nc1. The van der Waals surface area contributed by atoms with E-state index in [9.17, 15) is 9.90 Å². The molecule has 2 unspecified atom stereocenters. The normalized spacial score (nSPS) is 21.7. The van der Waals surface area contributed by atoms with Crippen molar-refractivity contribution in [3.63, 3.8) is 0 Å². The molecule has 4 rings (SSSR count). The van der Waals surface area contributed by atoms with Crippen LogP contribution >= 0.6 is 0 Å². The van der Waals surface area contributed by atoms with Gasteiger partial charge in [-0.1, -0.05) is 24.3 Å². The second-order valence-electron chi connectivity index (χ2n) is 6.56. The predicted molar refractivity (Wildman–Crippen MR) is 96.5 cm³/mol. The molecule has 26 heavy (non-hydrogen) atoms. The summed E-state index contributed by atoms with van der Waals surface area (Å²) in [5, 5.41) is 13.8. The molecule has 2 aromatic rings. The molecule has 3 heterocycles. The number of nitrogens with zero attached hydrogens (tertiary/aromatic N) is 3. The summed E-state index contributed by atoms with van der Waals surface area (Å²) in [4.78, 5) is 20.7. The fraction of sp³-hybridized carbons (Fsp3) is 0.368. The van der Waals surface area contributed by atoms with Gasteiger partial charge in [0.15, 0.2) is 6.23 Å². The van der Waals surface area contributed by atoms with E-state index in [0.717, 1.165) is 24.2 Å². The molecule has 136 valence electrons. The molecule has 1 amide bonds. The van der Waals surface area contributed by atoms with Gasteiger partial charge in [0.2, 0.25) is 6.41 Å². The lowest BCUT2D eigenvalue weighted by atomic mass is 10.1. The molecule has 2 N–H and O–H groups in total. The number of benzene rings is 1. The van der Waals surface area contributed by atoms with E-state index >= 15 is 0 Å². The highest BCUT2D eigenvalue weighted by molar-refractivity contribution is 6.10. The van der Waals surface area contributed by atoms with Crippen molar-refractivity contribution in [1.82, 2.24) is 15.2 Å². The Labute approximate surface area is 152 Å². The number of fused-ring (bicyclic) bond motifs is 1. The smallest absolute Gasteiger partial charge is 0.262 e. The summed E-state index contributed by atoms with van der Waals surface area (Å²) in [5.74, 6) is 0.337. The zero-order chi connectivity index (χ0) is 18.1. The third-order valence-electron chi connectivity index (χ3n) is 4.77. The number of aliphatic hydroxyl groups excluding tert-OH is 1. The minimum absolute atomic E-state index is 0.172. The Kier molecular flexibility index (Phi) is 4.69. The predicted octanol–water partition coefficient (Wildman–Crippen LogP) is 1.25. The summed E-state index contributed by atoms with van der Waals surface area (Å²) in [6.07, 6.45) is -0.0807. The lowest BCUT2D eigenvalue weighted by molar-refractivity contribution is -0.219. The summed E-state index contributed by atoms with van der Waals surface area (Å²) < 4.78 is 5.96. The number of anilines is 1. The maximum atomic E-state index is 13.0. The molecule has 0 bridgehead atoms. The molecule has 2 atom stereocenters. The van der Waals surface area contributed by atoms with Crippen LogP contribution in [0.5, 0.6) is 0 Å². The maximum absolute atomic E-state index is 13.0. The topological polar surface area (TPSA) is 77.9 Å². The largest absolute Gasteiger partial charge is 0.356 e. The molecule has 1 saturated heterocycles. The molecule has 0 spiro atoms. The highest BCUT2D eigenvalue weighted by atomic mass is 16.6. The van der Waals surface area contributed by atoms with Crippen molar-refractivity contribution in [2.24, 2.45) is 0 Å². The Morgan fingerprint density at radius 3 is 2.73 bits per heavy atom. The number of piperazine rings is 1. The van der Waals surface area contributed by atoms with E-state index in [1.54, 1.807) is 18.3 Å². The zero-order valence-electron chi connectivity index (χ0n) is 14.6. The average Bonchev–Trinajstić information content (AvgIpc) is 2.95. The quantitative estimate of drug-likeness (QED) is 0.805. The third-order valence-corrected chi connectivity index (χ3v) is 4.77. The van der Waals surface area contributed by atoms with Gasteiger partial charge in [0.25, 0.3) is 5.91 Å². The molecular weight excluding hydrogens is 332 g/mol. The van der Waals surface area contributed by atoms with Crippen molar-refractivity contribution >= 4 is 11.7 Å². The number of ether oxygens (including phenoxy) is 1. The molecule has 7 heteroatoms. The first-order valence-corrected chi connectivity index (χ1v) is 8.78. The monoisotopic (exact) mass is 354 g/mol. The third kappa shape index (κ3) is 3.10. The van der Waals surface area contributed by atoms with Crippen LogP contribution in [0.25, 0.3) is 0 Å². The van der Waals surface area contributed by atoms with E-state index < -0.39 is 12.6 Å². The van der Waals surface area contributed by atoms with Gasteiger partial charge in [-0.15, -0.1) is 0 Å². The van der Waals surface area contributed by atoms with Gasteiger partial charge in [-0.25, -0.2) is 4.98 Å². The summed E-state index contributed by atoms with van der Waals surface area (Å²) in [6.45, 7) is 4.91. The van der Waals surface area contributed by atoms with Crippen LogP contribution in [-0.4, -0.2) is 53.5 Å². The fourth-order valence-corrected chi connectivity index (χ4v) is 3.35. The minimum Gasteiger partial charge on any atom is -0.356 e. The second kappa shape index (κ2) is 7.13. The zero-order valence-corrected chi connectivity index (χ0v) is 14.6. The Morgan fingerprint density at radius 1 is 1.23 bits per heavy atom. The van der Waals surface area contributed by atoms with Crippen LogP contribution in [0.15, 0.2) is 42.6 Å². The first-order valence-electron chi connectivity index (χ1n) is 8.78. The van der Waals surface area contributed by atoms with E-state index in [1.165, 1.54) is 4.90 Å². The number of nitrogens with one attached hydrogen (secondary N) is 1. The van der Waals surface area contributed by atoms with Crippen LogP contribution < -0.4 is 10.2 Å². The van der Waals surface area contributed by atoms with Gasteiger partial charge in [-0.05, 0) is 24.6 Å². The van der Waals surface area contributed by atoms with E-state index in [1.807, 2.05) is 36.1 Å². The number of carbonyl (C=O) groups is 1. The van der Waals surface area contributed by atoms with E-state index in [-0.39, 0.29) is 5.91 Å². The summed E-state index contributed by atoms with van der Waals surface area (Å²) in [6, 6.07) is 11.0. The summed E-state index contributed by atoms with van der Waals surface area (Å²) >= 11 is 0. The second-order valence-corrected chi connectivity index (χ2v) is 6.56. The van der Waals surface area contributed by atoms with E-state index in [4.69, 9.17) is 4.74 Å². The molecule has 0 saturated carbocycles. The number of aryl methyl sites for hydroxylation is 1. The van der Waals surface area contributed by atoms with Crippen LogP contribution in [-0.2, 0) is 4.74 Å². The number of pyridine rings is 1. The van der Waals surface area contributed by atoms with E-state index in [2.05, 4.69) is 10.3 Å². The van der Waals surface area contributed by atoms with Crippen LogP contribution in [0.4, 0.5) is 5.82 Å². The van der Waals surface area contributed by atoms with Gasteiger partial charge in [0.05, 0.1) is 0 Å². The highest BCUT2D eigenvalue weighted by Crippen LogP contribution is 2.38. The first-order chi connectivity index (χ1) is 12.6. The van der Waals surface area contributed by atoms with Crippen molar-refractivity contribution < 1.29 is 14.6 Å². The molecule has 0 aliphatic carbocycles. The Balaban J connectivity index is 1.65. The van der Waals surface area contributed by atoms with Crippen molar-refractivity contribution in [1.29, 1.82) is 0 Å². The molecule has 7 nitrogen and oxygen atoms in total. The highest BCUT2D eigenvalue weighted by Gasteiger charge is 2.41. The average molecular weight is 354 g/mol. The first kappa shape index (κ1) is 17.1. The fourth-order valence-electron chi connectivity index (χ4n) is 3.35. The number of rotatable bonds is 4. The molecule has 2 aliphatic heterocycles. The Hall–Kier alpha value is -2.32. The van der Waals surface area contributed by atoms with Gasteiger partial charge in [0.1, 0.15) is 5.82 Å². The van der Waals surface area contributed by atoms with Gasteiger partial charge in [0, 0.05) is 43.5 Å². The molecule has 2 aliphatic rings. The van der Waals surface area contributed by atoms with Crippen molar-refractivity contribution in [2.45, 2.75) is 19.6 Å². The minimum atomic E-state index is -1.09. The number of aromatic nitrogens is 1. The lowest BCUT2D eigenvalue weighted by Crippen LogP contribution is -2.50. The van der Waals surface area contributed by atoms with Crippen LogP contribution in [0, 0.1) is 6.92 Å². The van der Waals surface area contributed by atoms with Gasteiger partial charge < -0.3 is 15.2 Å². The van der Waals surface area contributed by atoms with Gasteiger partial charge in [-0.3, -0.25) is 14.6 Å². The summed E-state index contributed by atoms with van der Waals surface area (Å²) in [5.41, 5.74) is 2.33. The maximum Gasteiger partial charge on any atom is 0.262 e. The number of aliphatic hydroxyl groups is 1. The van der Waals surface area contributed by atoms with Crippen LogP contribution in [0.3, 0.4) is 0 Å².